The maximum Gasteiger partial charge on any atom is 0.416 e. The zero-order chi connectivity index (χ0) is 28.0. The number of fused-ring (bicyclic) bond motifs is 1. The van der Waals surface area contributed by atoms with Crippen LogP contribution < -0.4 is 16.0 Å². The largest absolute Gasteiger partial charge is 0.416 e. The third kappa shape index (κ3) is 4.53. The molecule has 3 heterocycles. The predicted molar refractivity (Wildman–Crippen MR) is 144 cm³/mol. The Labute approximate surface area is 227 Å². The fraction of sp³-hybridized carbons (Fsp3) is 0.296. The molecular weight excluding hydrogens is 526 g/mol. The molecule has 0 atom stereocenters. The Hall–Kier alpha value is -4.22. The van der Waals surface area contributed by atoms with Crippen molar-refractivity contribution in [1.82, 2.24) is 23.8 Å². The van der Waals surface area contributed by atoms with Crippen LogP contribution in [-0.4, -0.2) is 62.0 Å². The number of nitrogens with zero attached hydrogens (tertiary/aromatic N) is 5. The van der Waals surface area contributed by atoms with Gasteiger partial charge in [0.1, 0.15) is 5.56 Å². The van der Waals surface area contributed by atoms with Crippen LogP contribution in [0.15, 0.2) is 46.0 Å². The minimum Gasteiger partial charge on any atom is -0.391 e. The molecule has 2 aromatic heterocycles. The van der Waals surface area contributed by atoms with Crippen LogP contribution in [-0.2, 0) is 18.8 Å². The number of amides is 1. The zero-order valence-corrected chi connectivity index (χ0v) is 22.6. The van der Waals surface area contributed by atoms with Gasteiger partial charge in [0.25, 0.3) is 5.56 Å². The number of halogens is 1. The van der Waals surface area contributed by atoms with Crippen LogP contribution in [0.2, 0.25) is 5.02 Å². The van der Waals surface area contributed by atoms with Crippen LogP contribution in [0.1, 0.15) is 27.2 Å². The maximum absolute atomic E-state index is 13.9. The zero-order valence-electron chi connectivity index (χ0n) is 21.9. The molecule has 12 heteroatoms. The first-order chi connectivity index (χ1) is 18.6. The Bertz CT molecular complexity index is 1760. The second-order valence-electron chi connectivity index (χ2n) is 9.28. The van der Waals surface area contributed by atoms with Gasteiger partial charge in [0.2, 0.25) is 11.7 Å². The van der Waals surface area contributed by atoms with Gasteiger partial charge in [0.05, 0.1) is 35.5 Å². The summed E-state index contributed by atoms with van der Waals surface area (Å²) in [5.74, 6) is -0.461. The molecule has 1 saturated heterocycles. The van der Waals surface area contributed by atoms with E-state index < -0.39 is 23.1 Å². The number of rotatable bonds is 4. The average molecular weight is 552 g/mol. The molecule has 5 rings (SSSR count). The lowest BCUT2D eigenvalue weighted by molar-refractivity contribution is 0.0407. The minimum absolute atomic E-state index is 0.00490. The highest BCUT2D eigenvalue weighted by Gasteiger charge is 2.29. The molecule has 0 radical (unpaired) electrons. The Morgan fingerprint density at radius 3 is 2.46 bits per heavy atom. The van der Waals surface area contributed by atoms with E-state index in [1.807, 2.05) is 0 Å². The summed E-state index contributed by atoms with van der Waals surface area (Å²) >= 11 is 6.12. The minimum atomic E-state index is -0.606. The van der Waals surface area contributed by atoms with Gasteiger partial charge in [-0.15, -0.1) is 0 Å². The van der Waals surface area contributed by atoms with Crippen LogP contribution in [0, 0.1) is 13.8 Å². The van der Waals surface area contributed by atoms with Gasteiger partial charge in [-0.3, -0.25) is 14.2 Å². The van der Waals surface area contributed by atoms with E-state index in [0.29, 0.717) is 53.8 Å². The SMILES string of the molecule is Cc1nn(C)c(OC(=O)N2CCOCC2)c1C(=O)c1ccc2c(c1C)c(=O)n(-c1cccc(Cl)c1)c(=O)n2C. The molecule has 0 unspecified atom stereocenters. The Balaban J connectivity index is 1.64. The summed E-state index contributed by atoms with van der Waals surface area (Å²) in [6.07, 6.45) is -0.606. The number of carbonyl (C=O) groups excluding carboxylic acids is 2. The van der Waals surface area contributed by atoms with Gasteiger partial charge in [0, 0.05) is 37.8 Å². The van der Waals surface area contributed by atoms with Crippen LogP contribution in [0.5, 0.6) is 5.88 Å². The molecule has 0 saturated carbocycles. The number of hydrogen-bond acceptors (Lipinski definition) is 7. The van der Waals surface area contributed by atoms with E-state index in [2.05, 4.69) is 5.10 Å². The van der Waals surface area contributed by atoms with E-state index in [-0.39, 0.29) is 22.4 Å². The van der Waals surface area contributed by atoms with E-state index >= 15 is 0 Å². The summed E-state index contributed by atoms with van der Waals surface area (Å²) in [7, 11) is 3.14. The molecule has 1 aliphatic heterocycles. The lowest BCUT2D eigenvalue weighted by atomic mass is 9.96. The molecular formula is C27H26ClN5O6. The second-order valence-corrected chi connectivity index (χ2v) is 9.72. The molecule has 0 aliphatic carbocycles. The molecule has 0 bridgehead atoms. The van der Waals surface area contributed by atoms with Crippen molar-refractivity contribution >= 4 is 34.4 Å². The van der Waals surface area contributed by atoms with Gasteiger partial charge in [-0.25, -0.2) is 18.8 Å². The van der Waals surface area contributed by atoms with Crippen LogP contribution in [0.25, 0.3) is 16.6 Å². The number of aryl methyl sites for hydroxylation is 4. The summed E-state index contributed by atoms with van der Waals surface area (Å²) in [4.78, 5) is 55.0. The predicted octanol–water partition coefficient (Wildman–Crippen LogP) is 2.76. The topological polar surface area (TPSA) is 118 Å². The lowest BCUT2D eigenvalue weighted by Gasteiger charge is -2.25. The number of ketones is 1. The number of aromatic nitrogens is 4. The third-order valence-corrected chi connectivity index (χ3v) is 7.10. The third-order valence-electron chi connectivity index (χ3n) is 6.86. The molecule has 1 amide bonds. The molecule has 2 aromatic carbocycles. The summed E-state index contributed by atoms with van der Waals surface area (Å²) in [5, 5.41) is 4.88. The van der Waals surface area contributed by atoms with E-state index in [1.54, 1.807) is 58.3 Å². The van der Waals surface area contributed by atoms with E-state index in [9.17, 15) is 19.2 Å². The standard InChI is InChI=1S/C27H26ClN5O6/c1-15-19(23(34)22-16(2)29-31(4)25(22)39-27(37)32-10-12-38-13-11-32)8-9-20-21(15)24(35)33(26(36)30(20)3)18-7-5-6-17(28)14-18/h5-9,14H,10-13H2,1-4H3. The quantitative estimate of drug-likeness (QED) is 0.358. The Morgan fingerprint density at radius 1 is 1.05 bits per heavy atom. The molecule has 11 nitrogen and oxygen atoms in total. The van der Waals surface area contributed by atoms with Crippen LogP contribution in [0.3, 0.4) is 0 Å². The van der Waals surface area contributed by atoms with Gasteiger partial charge in [-0.1, -0.05) is 17.7 Å². The Morgan fingerprint density at radius 2 is 1.77 bits per heavy atom. The van der Waals surface area contributed by atoms with Gasteiger partial charge in [-0.2, -0.15) is 5.10 Å². The van der Waals surface area contributed by atoms with Crippen LogP contribution >= 0.6 is 11.6 Å². The van der Waals surface area contributed by atoms with E-state index in [4.69, 9.17) is 21.1 Å². The van der Waals surface area contributed by atoms with Crippen molar-refractivity contribution < 1.29 is 19.1 Å². The molecule has 1 aliphatic rings. The maximum atomic E-state index is 13.9. The summed E-state index contributed by atoms with van der Waals surface area (Å²) in [5.41, 5.74) is 0.632. The molecule has 202 valence electrons. The highest BCUT2D eigenvalue weighted by atomic mass is 35.5. The number of benzene rings is 2. The van der Waals surface area contributed by atoms with Crippen molar-refractivity contribution in [2.45, 2.75) is 13.8 Å². The van der Waals surface area contributed by atoms with Gasteiger partial charge in [0.15, 0.2) is 0 Å². The normalized spacial score (nSPS) is 13.6. The fourth-order valence-corrected chi connectivity index (χ4v) is 5.02. The number of hydrogen-bond donors (Lipinski definition) is 0. The van der Waals surface area contributed by atoms with Gasteiger partial charge < -0.3 is 14.4 Å². The van der Waals surface area contributed by atoms with Crippen molar-refractivity contribution in [3.63, 3.8) is 0 Å². The van der Waals surface area contributed by atoms with Crippen molar-refractivity contribution in [2.24, 2.45) is 14.1 Å². The van der Waals surface area contributed by atoms with Crippen LogP contribution in [0.4, 0.5) is 4.79 Å². The van der Waals surface area contributed by atoms with Crippen molar-refractivity contribution in [2.75, 3.05) is 26.3 Å². The van der Waals surface area contributed by atoms with Gasteiger partial charge in [-0.05, 0) is 49.7 Å². The fourth-order valence-electron chi connectivity index (χ4n) is 4.83. The molecule has 0 N–H and O–H groups in total. The first-order valence-corrected chi connectivity index (χ1v) is 12.6. The summed E-state index contributed by atoms with van der Waals surface area (Å²) in [6, 6.07) is 9.54. The molecule has 39 heavy (non-hydrogen) atoms. The summed E-state index contributed by atoms with van der Waals surface area (Å²) < 4.78 is 14.6. The lowest BCUT2D eigenvalue weighted by Crippen LogP contribution is -2.42. The monoisotopic (exact) mass is 551 g/mol. The number of morpholine rings is 1. The average Bonchev–Trinajstić information content (AvgIpc) is 3.19. The first-order valence-electron chi connectivity index (χ1n) is 12.2. The highest BCUT2D eigenvalue weighted by Crippen LogP contribution is 2.28. The second kappa shape index (κ2) is 10.2. The summed E-state index contributed by atoms with van der Waals surface area (Å²) in [6.45, 7) is 4.84. The van der Waals surface area contributed by atoms with Crippen molar-refractivity contribution in [1.29, 1.82) is 0 Å². The first kappa shape index (κ1) is 26.4. The molecule has 1 fully saturated rings. The van der Waals surface area contributed by atoms with Gasteiger partial charge >= 0.3 is 11.8 Å². The number of ether oxygens (including phenoxy) is 2. The van der Waals surface area contributed by atoms with E-state index in [1.165, 1.54) is 20.2 Å². The van der Waals surface area contributed by atoms with Crippen molar-refractivity contribution in [3.8, 4) is 11.6 Å². The van der Waals surface area contributed by atoms with Crippen molar-refractivity contribution in [3.05, 3.63) is 84.6 Å². The smallest absolute Gasteiger partial charge is 0.391 e. The highest BCUT2D eigenvalue weighted by molar-refractivity contribution is 6.30. The number of carbonyl (C=O) groups is 2. The van der Waals surface area contributed by atoms with E-state index in [0.717, 1.165) is 4.57 Å². The molecule has 4 aromatic rings. The Kier molecular flexibility index (Phi) is 6.87. The molecule has 0 spiro atoms.